The number of carbonyl (C=O) groups excluding carboxylic acids is 1. The van der Waals surface area contributed by atoms with Crippen LogP contribution in [0.2, 0.25) is 0 Å². The van der Waals surface area contributed by atoms with Crippen molar-refractivity contribution in [1.82, 2.24) is 14.9 Å². The van der Waals surface area contributed by atoms with Gasteiger partial charge >= 0.3 is 0 Å². The van der Waals surface area contributed by atoms with Gasteiger partial charge in [0.2, 0.25) is 10.0 Å². The number of nitrogens with zero attached hydrogens (tertiary/aromatic N) is 3. The summed E-state index contributed by atoms with van der Waals surface area (Å²) in [5.74, 6) is -0.121. The van der Waals surface area contributed by atoms with E-state index < -0.39 is 15.8 Å². The van der Waals surface area contributed by atoms with E-state index in [4.69, 9.17) is 9.84 Å². The number of sulfonamides is 1. The van der Waals surface area contributed by atoms with E-state index in [0.29, 0.717) is 40.3 Å². The van der Waals surface area contributed by atoms with Gasteiger partial charge in [-0.3, -0.25) is 9.10 Å². The van der Waals surface area contributed by atoms with Crippen LogP contribution in [0.4, 0.5) is 10.1 Å². The Bertz CT molecular complexity index is 1600. The number of hydrogen-bond donors (Lipinski definition) is 1. The van der Waals surface area contributed by atoms with Gasteiger partial charge in [-0.2, -0.15) is 5.10 Å². The van der Waals surface area contributed by atoms with E-state index in [1.807, 2.05) is 6.07 Å². The van der Waals surface area contributed by atoms with Gasteiger partial charge in [0, 0.05) is 19.2 Å². The van der Waals surface area contributed by atoms with E-state index in [1.165, 1.54) is 16.6 Å². The summed E-state index contributed by atoms with van der Waals surface area (Å²) in [5.41, 5.74) is 3.51. The number of hydrogen-bond acceptors (Lipinski definition) is 5. The van der Waals surface area contributed by atoms with Gasteiger partial charge in [-0.05, 0) is 66.8 Å². The fourth-order valence-electron chi connectivity index (χ4n) is 4.75. The van der Waals surface area contributed by atoms with Gasteiger partial charge < -0.3 is 10.1 Å². The van der Waals surface area contributed by atoms with Crippen LogP contribution in [-0.4, -0.2) is 43.8 Å². The molecule has 1 aliphatic heterocycles. The molecule has 1 unspecified atom stereocenters. The van der Waals surface area contributed by atoms with Crippen LogP contribution in [0, 0.1) is 5.82 Å². The van der Waals surface area contributed by atoms with Crippen molar-refractivity contribution in [3.05, 3.63) is 77.7 Å². The van der Waals surface area contributed by atoms with Gasteiger partial charge in [-0.15, -0.1) is 0 Å². The van der Waals surface area contributed by atoms with Gasteiger partial charge in [0.15, 0.2) is 11.6 Å². The van der Waals surface area contributed by atoms with Crippen molar-refractivity contribution < 1.29 is 22.3 Å². The number of carbonyl (C=O) groups is 1. The highest BCUT2D eigenvalue weighted by Gasteiger charge is 2.29. The molecule has 4 aromatic rings. The fraction of sp³-hybridized carbons (Fsp3) is 0.259. The molecule has 0 aliphatic carbocycles. The normalized spacial score (nSPS) is 15.8. The molecule has 2 aromatic carbocycles. The molecule has 0 bridgehead atoms. The number of para-hydroxylation sites is 1. The third-order valence-corrected chi connectivity index (χ3v) is 7.80. The van der Waals surface area contributed by atoms with Crippen LogP contribution in [0.3, 0.4) is 0 Å². The molecule has 8 nitrogen and oxygen atoms in total. The maximum atomic E-state index is 14.0. The standard InChI is InChI=1S/C27H27FN4O4S/c1-17-7-6-14-32(37(3,34)35)23-16-31-22(15-20(17)23)25(27(33)29-2)26(30-31)18-10-12-19(13-11-18)36-24-9-5-4-8-21(24)28/h4-5,8-13,15-17H,6-7,14H2,1-3H3,(H,29,33). The zero-order valence-electron chi connectivity index (χ0n) is 20.7. The molecular weight excluding hydrogens is 495 g/mol. The molecule has 1 amide bonds. The number of pyridine rings is 1. The Labute approximate surface area is 214 Å². The van der Waals surface area contributed by atoms with Gasteiger partial charge in [0.1, 0.15) is 11.4 Å². The van der Waals surface area contributed by atoms with Gasteiger partial charge in [0.05, 0.1) is 29.2 Å². The van der Waals surface area contributed by atoms with Gasteiger partial charge in [-0.25, -0.2) is 17.3 Å². The Balaban J connectivity index is 1.63. The predicted molar refractivity (Wildman–Crippen MR) is 140 cm³/mol. The number of benzene rings is 2. The Morgan fingerprint density at radius 3 is 2.57 bits per heavy atom. The number of ether oxygens (including phenoxy) is 1. The van der Waals surface area contributed by atoms with Crippen molar-refractivity contribution in [2.75, 3.05) is 24.2 Å². The largest absolute Gasteiger partial charge is 0.454 e. The summed E-state index contributed by atoms with van der Waals surface area (Å²) in [5, 5.41) is 7.39. The van der Waals surface area contributed by atoms with Crippen LogP contribution in [0.1, 0.15) is 41.6 Å². The average Bonchev–Trinajstić information content (AvgIpc) is 3.16. The SMILES string of the molecule is CNC(=O)c1c(-c2ccc(Oc3ccccc3F)cc2)nn2cc3c(cc12)C(C)CCCN3S(C)(=O)=O. The molecule has 37 heavy (non-hydrogen) atoms. The molecule has 0 spiro atoms. The highest BCUT2D eigenvalue weighted by molar-refractivity contribution is 7.92. The second-order valence-electron chi connectivity index (χ2n) is 9.18. The fourth-order valence-corrected chi connectivity index (χ4v) is 5.72. The smallest absolute Gasteiger partial charge is 0.255 e. The molecule has 0 saturated carbocycles. The topological polar surface area (TPSA) is 93.0 Å². The number of halogens is 1. The van der Waals surface area contributed by atoms with Gasteiger partial charge in [0.25, 0.3) is 5.91 Å². The minimum atomic E-state index is -3.49. The summed E-state index contributed by atoms with van der Waals surface area (Å²) in [6, 6.07) is 14.9. The van der Waals surface area contributed by atoms with Crippen LogP contribution < -0.4 is 14.4 Å². The summed E-state index contributed by atoms with van der Waals surface area (Å²) >= 11 is 0. The van der Waals surface area contributed by atoms with Crippen molar-refractivity contribution in [3.8, 4) is 22.8 Å². The molecule has 10 heteroatoms. The van der Waals surface area contributed by atoms with E-state index >= 15 is 0 Å². The van der Waals surface area contributed by atoms with Crippen molar-refractivity contribution in [2.24, 2.45) is 0 Å². The lowest BCUT2D eigenvalue weighted by Crippen LogP contribution is -2.31. The van der Waals surface area contributed by atoms with Gasteiger partial charge in [-0.1, -0.05) is 19.1 Å². The molecule has 0 saturated heterocycles. The molecule has 2 aromatic heterocycles. The molecule has 5 rings (SSSR count). The first-order valence-electron chi connectivity index (χ1n) is 12.0. The van der Waals surface area contributed by atoms with E-state index in [1.54, 1.807) is 60.2 Å². The van der Waals surface area contributed by atoms with E-state index in [9.17, 15) is 17.6 Å². The van der Waals surface area contributed by atoms with Crippen LogP contribution in [-0.2, 0) is 10.0 Å². The number of rotatable bonds is 5. The van der Waals surface area contributed by atoms with Crippen molar-refractivity contribution in [2.45, 2.75) is 25.7 Å². The molecule has 1 N–H and O–H groups in total. The van der Waals surface area contributed by atoms with Crippen molar-refractivity contribution in [3.63, 3.8) is 0 Å². The van der Waals surface area contributed by atoms with E-state index in [2.05, 4.69) is 12.2 Å². The summed E-state index contributed by atoms with van der Waals surface area (Å²) in [6.45, 7) is 2.45. The quantitative estimate of drug-likeness (QED) is 0.400. The molecule has 0 radical (unpaired) electrons. The first-order chi connectivity index (χ1) is 17.7. The molecule has 1 atom stereocenters. The Hall–Kier alpha value is -3.92. The lowest BCUT2D eigenvalue weighted by Gasteiger charge is -2.23. The summed E-state index contributed by atoms with van der Waals surface area (Å²) in [6.07, 6.45) is 4.46. The highest BCUT2D eigenvalue weighted by Crippen LogP contribution is 2.38. The summed E-state index contributed by atoms with van der Waals surface area (Å²) in [7, 11) is -1.94. The zero-order chi connectivity index (χ0) is 26.3. The molecule has 0 fully saturated rings. The third kappa shape index (κ3) is 4.64. The highest BCUT2D eigenvalue weighted by atomic mass is 32.2. The van der Waals surface area contributed by atoms with Crippen LogP contribution >= 0.6 is 0 Å². The Kier molecular flexibility index (Phi) is 6.36. The Morgan fingerprint density at radius 2 is 1.89 bits per heavy atom. The zero-order valence-corrected chi connectivity index (χ0v) is 21.5. The minimum Gasteiger partial charge on any atom is -0.454 e. The van der Waals surface area contributed by atoms with E-state index in [0.717, 1.165) is 18.4 Å². The lowest BCUT2D eigenvalue weighted by molar-refractivity contribution is 0.0965. The third-order valence-electron chi connectivity index (χ3n) is 6.62. The number of nitrogens with one attached hydrogen (secondary N) is 1. The maximum absolute atomic E-state index is 14.0. The van der Waals surface area contributed by atoms with Crippen LogP contribution in [0.25, 0.3) is 16.8 Å². The predicted octanol–water partition coefficient (Wildman–Crippen LogP) is 4.96. The van der Waals surface area contributed by atoms with Crippen molar-refractivity contribution >= 4 is 27.1 Å². The van der Waals surface area contributed by atoms with Crippen LogP contribution in [0.5, 0.6) is 11.5 Å². The molecule has 192 valence electrons. The first-order valence-corrected chi connectivity index (χ1v) is 13.8. The molecule has 3 heterocycles. The monoisotopic (exact) mass is 522 g/mol. The van der Waals surface area contributed by atoms with Crippen molar-refractivity contribution in [1.29, 1.82) is 0 Å². The number of amides is 1. The molecular formula is C27H27FN4O4S. The number of fused-ring (bicyclic) bond motifs is 2. The maximum Gasteiger partial charge on any atom is 0.255 e. The summed E-state index contributed by atoms with van der Waals surface area (Å²) < 4.78 is 47.8. The number of anilines is 1. The minimum absolute atomic E-state index is 0.109. The molecule has 1 aliphatic rings. The Morgan fingerprint density at radius 1 is 1.16 bits per heavy atom. The first kappa shape index (κ1) is 24.8. The lowest BCUT2D eigenvalue weighted by atomic mass is 9.96. The van der Waals surface area contributed by atoms with Crippen LogP contribution in [0.15, 0.2) is 60.8 Å². The average molecular weight is 523 g/mol. The summed E-state index contributed by atoms with van der Waals surface area (Å²) in [4.78, 5) is 13.0. The van der Waals surface area contributed by atoms with E-state index in [-0.39, 0.29) is 17.6 Å². The second kappa shape index (κ2) is 9.51. The second-order valence-corrected chi connectivity index (χ2v) is 11.1. The number of aromatic nitrogens is 2.